The molecular weight excluding hydrogens is 271 g/mol. The molecule has 0 aromatic heterocycles. The summed E-state index contributed by atoms with van der Waals surface area (Å²) in [6.45, 7) is 1.99. The van der Waals surface area contributed by atoms with Crippen LogP contribution in [0.25, 0.3) is 0 Å². The Bertz CT molecular complexity index is 424. The van der Waals surface area contributed by atoms with Crippen molar-refractivity contribution in [3.63, 3.8) is 0 Å². The maximum absolute atomic E-state index is 12.0. The molecule has 0 amide bonds. The predicted molar refractivity (Wildman–Crippen MR) is 94.1 cm³/mol. The molecule has 0 spiro atoms. The highest BCUT2D eigenvalue weighted by molar-refractivity contribution is 5.25. The van der Waals surface area contributed by atoms with Crippen molar-refractivity contribution in [2.75, 3.05) is 6.67 Å². The van der Waals surface area contributed by atoms with Gasteiger partial charge in [-0.15, -0.1) is 0 Å². The molecular formula is C21H31F. The van der Waals surface area contributed by atoms with Crippen LogP contribution in [0.2, 0.25) is 0 Å². The van der Waals surface area contributed by atoms with E-state index in [9.17, 15) is 4.39 Å². The Labute approximate surface area is 135 Å². The summed E-state index contributed by atoms with van der Waals surface area (Å²) in [5.74, 6) is 1.70. The summed E-state index contributed by atoms with van der Waals surface area (Å²) in [4.78, 5) is 0. The van der Waals surface area contributed by atoms with Gasteiger partial charge in [0.15, 0.2) is 0 Å². The highest BCUT2D eigenvalue weighted by atomic mass is 19.1. The second-order valence-corrected chi connectivity index (χ2v) is 6.69. The first-order valence-corrected chi connectivity index (χ1v) is 9.13. The summed E-state index contributed by atoms with van der Waals surface area (Å²) in [5.41, 5.74) is 2.99. The lowest BCUT2D eigenvalue weighted by Crippen LogP contribution is -2.13. The Morgan fingerprint density at radius 1 is 1.00 bits per heavy atom. The molecule has 1 aliphatic rings. The van der Waals surface area contributed by atoms with Gasteiger partial charge in [0, 0.05) is 0 Å². The van der Waals surface area contributed by atoms with E-state index in [4.69, 9.17) is 0 Å². The first-order valence-electron chi connectivity index (χ1n) is 9.13. The third-order valence-corrected chi connectivity index (χ3v) is 5.13. The molecule has 0 saturated heterocycles. The average Bonchev–Trinajstić information content (AvgIpc) is 2.59. The second-order valence-electron chi connectivity index (χ2n) is 6.69. The minimum Gasteiger partial charge on any atom is -0.251 e. The van der Waals surface area contributed by atoms with E-state index in [1.165, 1.54) is 44.1 Å². The molecule has 0 N–H and O–H groups in total. The zero-order valence-electron chi connectivity index (χ0n) is 14.1. The van der Waals surface area contributed by atoms with Gasteiger partial charge in [-0.2, -0.15) is 0 Å². The number of benzene rings is 1. The van der Waals surface area contributed by atoms with Gasteiger partial charge in [-0.3, -0.25) is 4.39 Å². The molecule has 0 nitrogen and oxygen atoms in total. The fourth-order valence-electron chi connectivity index (χ4n) is 3.63. The van der Waals surface area contributed by atoms with Gasteiger partial charge in [-0.25, -0.2) is 0 Å². The molecule has 1 saturated carbocycles. The molecule has 1 aromatic carbocycles. The number of unbranched alkanes of at least 4 members (excludes halogenated alkanes) is 1. The Hall–Kier alpha value is -1.11. The lowest BCUT2D eigenvalue weighted by molar-refractivity contribution is 0.305. The van der Waals surface area contributed by atoms with Gasteiger partial charge in [-0.1, -0.05) is 49.8 Å². The second kappa shape index (κ2) is 9.82. The Kier molecular flexibility index (Phi) is 7.70. The van der Waals surface area contributed by atoms with Crippen molar-refractivity contribution in [1.82, 2.24) is 0 Å². The first kappa shape index (κ1) is 17.2. The van der Waals surface area contributed by atoms with Crippen LogP contribution < -0.4 is 0 Å². The molecule has 0 heterocycles. The van der Waals surface area contributed by atoms with Crippen molar-refractivity contribution in [2.24, 2.45) is 5.92 Å². The van der Waals surface area contributed by atoms with Crippen LogP contribution in [0.5, 0.6) is 0 Å². The number of halogens is 1. The molecule has 0 radical (unpaired) electrons. The Balaban J connectivity index is 1.66. The van der Waals surface area contributed by atoms with E-state index in [0.29, 0.717) is 6.42 Å². The zero-order valence-corrected chi connectivity index (χ0v) is 14.1. The first-order chi connectivity index (χ1) is 10.8. The normalized spacial score (nSPS) is 22.3. The van der Waals surface area contributed by atoms with Crippen LogP contribution in [0, 0.1) is 5.92 Å². The van der Waals surface area contributed by atoms with E-state index in [1.807, 2.05) is 6.08 Å². The van der Waals surface area contributed by atoms with Gasteiger partial charge in [-0.05, 0) is 74.3 Å². The summed E-state index contributed by atoms with van der Waals surface area (Å²) in [7, 11) is 0. The summed E-state index contributed by atoms with van der Waals surface area (Å²) in [6.07, 6.45) is 15.1. The monoisotopic (exact) mass is 302 g/mol. The molecule has 0 aliphatic heterocycles. The van der Waals surface area contributed by atoms with E-state index in [1.54, 1.807) is 5.56 Å². The van der Waals surface area contributed by atoms with E-state index in [-0.39, 0.29) is 6.67 Å². The van der Waals surface area contributed by atoms with Gasteiger partial charge >= 0.3 is 0 Å². The third-order valence-electron chi connectivity index (χ3n) is 5.13. The third kappa shape index (κ3) is 5.59. The summed E-state index contributed by atoms with van der Waals surface area (Å²) < 4.78 is 12.0. The van der Waals surface area contributed by atoms with E-state index < -0.39 is 0 Å². The molecule has 2 rings (SSSR count). The minimum absolute atomic E-state index is 0.222. The number of rotatable bonds is 8. The molecule has 1 heteroatoms. The highest BCUT2D eigenvalue weighted by Gasteiger charge is 2.21. The minimum atomic E-state index is -0.222. The van der Waals surface area contributed by atoms with Crippen molar-refractivity contribution < 1.29 is 4.39 Å². The fraction of sp³-hybridized carbons (Fsp3) is 0.619. The maximum atomic E-state index is 12.0. The predicted octanol–water partition coefficient (Wildman–Crippen LogP) is 6.61. The highest BCUT2D eigenvalue weighted by Crippen LogP contribution is 2.37. The Morgan fingerprint density at radius 2 is 1.68 bits per heavy atom. The van der Waals surface area contributed by atoms with Crippen LogP contribution >= 0.6 is 0 Å². The summed E-state index contributed by atoms with van der Waals surface area (Å²) >= 11 is 0. The fourth-order valence-corrected chi connectivity index (χ4v) is 3.63. The number of aryl methyl sites for hydroxylation is 1. The number of allylic oxidation sites excluding steroid dienone is 2. The molecule has 22 heavy (non-hydrogen) atoms. The zero-order chi connectivity index (χ0) is 15.6. The van der Waals surface area contributed by atoms with Crippen LogP contribution in [-0.4, -0.2) is 6.67 Å². The van der Waals surface area contributed by atoms with Gasteiger partial charge in [0.2, 0.25) is 0 Å². The Morgan fingerprint density at radius 3 is 2.32 bits per heavy atom. The number of hydrogen-bond donors (Lipinski definition) is 0. The van der Waals surface area contributed by atoms with Crippen molar-refractivity contribution in [3.05, 3.63) is 47.5 Å². The maximum Gasteiger partial charge on any atom is 0.0928 e. The summed E-state index contributed by atoms with van der Waals surface area (Å²) in [5, 5.41) is 0. The average molecular weight is 302 g/mol. The van der Waals surface area contributed by atoms with Crippen LogP contribution in [0.4, 0.5) is 4.39 Å². The molecule has 0 bridgehead atoms. The van der Waals surface area contributed by atoms with Crippen molar-refractivity contribution >= 4 is 0 Å². The van der Waals surface area contributed by atoms with Gasteiger partial charge in [0.05, 0.1) is 6.67 Å². The van der Waals surface area contributed by atoms with Crippen LogP contribution in [-0.2, 0) is 6.42 Å². The molecule has 0 unspecified atom stereocenters. The standard InChI is InChI=1S/C21H31F/c1-2-18-9-13-20(14-10-18)21-15-11-19(12-16-21)8-6-4-3-5-7-17-22/h3,5,9-10,13-14,19,21H,2,4,6-8,11-12,15-17H2,1H3. The molecule has 1 aromatic rings. The molecule has 1 aliphatic carbocycles. The molecule has 1 fully saturated rings. The van der Waals surface area contributed by atoms with Crippen molar-refractivity contribution in [2.45, 2.75) is 70.6 Å². The largest absolute Gasteiger partial charge is 0.251 e. The summed E-state index contributed by atoms with van der Waals surface area (Å²) in [6, 6.07) is 9.29. The quantitative estimate of drug-likeness (QED) is 0.374. The van der Waals surface area contributed by atoms with Gasteiger partial charge in [0.25, 0.3) is 0 Å². The topological polar surface area (TPSA) is 0 Å². The van der Waals surface area contributed by atoms with Crippen molar-refractivity contribution in [3.8, 4) is 0 Å². The van der Waals surface area contributed by atoms with Crippen LogP contribution in [0.15, 0.2) is 36.4 Å². The smallest absolute Gasteiger partial charge is 0.0928 e. The van der Waals surface area contributed by atoms with Gasteiger partial charge < -0.3 is 0 Å². The number of alkyl halides is 1. The van der Waals surface area contributed by atoms with Crippen molar-refractivity contribution in [1.29, 1.82) is 0 Å². The van der Waals surface area contributed by atoms with Gasteiger partial charge in [0.1, 0.15) is 0 Å². The van der Waals surface area contributed by atoms with Crippen LogP contribution in [0.1, 0.15) is 75.3 Å². The molecule has 122 valence electrons. The lowest BCUT2D eigenvalue weighted by Gasteiger charge is -2.29. The lowest BCUT2D eigenvalue weighted by atomic mass is 9.77. The molecule has 0 atom stereocenters. The SMILES string of the molecule is CCc1ccc(C2CCC(CCCC=CCCF)CC2)cc1. The van der Waals surface area contributed by atoms with Crippen LogP contribution in [0.3, 0.4) is 0 Å². The van der Waals surface area contributed by atoms with E-state index in [2.05, 4.69) is 37.3 Å². The van der Waals surface area contributed by atoms with E-state index in [0.717, 1.165) is 24.7 Å². The van der Waals surface area contributed by atoms with E-state index >= 15 is 0 Å². The number of hydrogen-bond acceptors (Lipinski definition) is 0.